The zero-order chi connectivity index (χ0) is 11.4. The lowest BCUT2D eigenvalue weighted by Crippen LogP contribution is -2.32. The van der Waals surface area contributed by atoms with Gasteiger partial charge in [-0.25, -0.2) is 0 Å². The van der Waals surface area contributed by atoms with Crippen LogP contribution in [-0.4, -0.2) is 11.8 Å². The third kappa shape index (κ3) is 3.10. The normalized spacial score (nSPS) is 30.3. The van der Waals surface area contributed by atoms with Gasteiger partial charge in [0.2, 0.25) is 0 Å². The van der Waals surface area contributed by atoms with E-state index in [4.69, 9.17) is 0 Å². The predicted octanol–water partition coefficient (Wildman–Crippen LogP) is 3.18. The molecule has 0 unspecified atom stereocenters. The van der Waals surface area contributed by atoms with Crippen molar-refractivity contribution < 1.29 is 4.79 Å². The van der Waals surface area contributed by atoms with E-state index in [1.807, 2.05) is 0 Å². The van der Waals surface area contributed by atoms with Gasteiger partial charge in [-0.3, -0.25) is 4.79 Å². The van der Waals surface area contributed by atoms with Crippen LogP contribution in [0.2, 0.25) is 0 Å². The molecular formula is C14H23NO. The summed E-state index contributed by atoms with van der Waals surface area (Å²) >= 11 is 0. The highest BCUT2D eigenvalue weighted by atomic mass is 16.1. The summed E-state index contributed by atoms with van der Waals surface area (Å²) in [5.41, 5.74) is 1.18. The van der Waals surface area contributed by atoms with Gasteiger partial charge < -0.3 is 5.32 Å². The average Bonchev–Trinajstić information content (AvgIpc) is 2.67. The lowest BCUT2D eigenvalue weighted by atomic mass is 9.83. The second-order valence-corrected chi connectivity index (χ2v) is 5.29. The first-order valence-electron chi connectivity index (χ1n) is 6.78. The summed E-state index contributed by atoms with van der Waals surface area (Å²) in [6.07, 6.45) is 11.5. The van der Waals surface area contributed by atoms with Gasteiger partial charge >= 0.3 is 0 Å². The van der Waals surface area contributed by atoms with Crippen molar-refractivity contribution in [3.05, 3.63) is 11.8 Å². The standard InChI is InChI=1S/C14H23NO/c1-2-3-11-4-6-12(7-5-11)15-13-8-9-14(16)10-13/h10-12,15H,2-9H2,1H3. The highest BCUT2D eigenvalue weighted by molar-refractivity contribution is 5.92. The summed E-state index contributed by atoms with van der Waals surface area (Å²) in [5.74, 6) is 1.25. The second kappa shape index (κ2) is 5.51. The molecule has 1 saturated carbocycles. The van der Waals surface area contributed by atoms with Crippen LogP contribution < -0.4 is 5.32 Å². The number of carbonyl (C=O) groups is 1. The molecule has 0 radical (unpaired) electrons. The van der Waals surface area contributed by atoms with Crippen LogP contribution in [0.15, 0.2) is 11.8 Å². The number of rotatable bonds is 4. The van der Waals surface area contributed by atoms with Crippen LogP contribution in [0.3, 0.4) is 0 Å². The number of hydrogen-bond donors (Lipinski definition) is 1. The minimum atomic E-state index is 0.294. The molecule has 0 aromatic carbocycles. The van der Waals surface area contributed by atoms with Crippen LogP contribution >= 0.6 is 0 Å². The second-order valence-electron chi connectivity index (χ2n) is 5.29. The molecule has 0 atom stereocenters. The van der Waals surface area contributed by atoms with Crippen LogP contribution in [0.25, 0.3) is 0 Å². The van der Waals surface area contributed by atoms with E-state index in [1.165, 1.54) is 44.2 Å². The van der Waals surface area contributed by atoms with E-state index < -0.39 is 0 Å². The fourth-order valence-electron chi connectivity index (χ4n) is 2.98. The van der Waals surface area contributed by atoms with Crippen molar-refractivity contribution in [3.8, 4) is 0 Å². The molecule has 2 nitrogen and oxygen atoms in total. The maximum atomic E-state index is 11.1. The minimum Gasteiger partial charge on any atom is -0.385 e. The quantitative estimate of drug-likeness (QED) is 0.790. The molecule has 2 aliphatic carbocycles. The van der Waals surface area contributed by atoms with Crippen molar-refractivity contribution in [2.75, 3.05) is 0 Å². The first-order chi connectivity index (χ1) is 7.78. The number of hydrogen-bond acceptors (Lipinski definition) is 2. The molecule has 0 spiro atoms. The van der Waals surface area contributed by atoms with E-state index in [9.17, 15) is 4.79 Å². The molecule has 2 heteroatoms. The van der Waals surface area contributed by atoms with Gasteiger partial charge in [0, 0.05) is 24.2 Å². The highest BCUT2D eigenvalue weighted by Gasteiger charge is 2.22. The smallest absolute Gasteiger partial charge is 0.157 e. The van der Waals surface area contributed by atoms with E-state index in [-0.39, 0.29) is 0 Å². The molecule has 0 bridgehead atoms. The van der Waals surface area contributed by atoms with Crippen molar-refractivity contribution >= 4 is 5.78 Å². The Hall–Kier alpha value is -0.790. The molecule has 16 heavy (non-hydrogen) atoms. The molecule has 2 rings (SSSR count). The third-order valence-corrected chi connectivity index (χ3v) is 3.91. The fraction of sp³-hybridized carbons (Fsp3) is 0.786. The lowest BCUT2D eigenvalue weighted by Gasteiger charge is -2.29. The maximum Gasteiger partial charge on any atom is 0.157 e. The van der Waals surface area contributed by atoms with E-state index in [0.717, 1.165) is 12.3 Å². The number of allylic oxidation sites excluding steroid dienone is 2. The molecule has 2 aliphatic rings. The van der Waals surface area contributed by atoms with E-state index in [0.29, 0.717) is 18.2 Å². The first kappa shape index (κ1) is 11.7. The Balaban J connectivity index is 1.73. The largest absolute Gasteiger partial charge is 0.385 e. The van der Waals surface area contributed by atoms with Gasteiger partial charge in [0.1, 0.15) is 0 Å². The highest BCUT2D eigenvalue weighted by Crippen LogP contribution is 2.28. The Morgan fingerprint density at radius 1 is 1.25 bits per heavy atom. The molecular weight excluding hydrogens is 198 g/mol. The van der Waals surface area contributed by atoms with E-state index in [2.05, 4.69) is 12.2 Å². The summed E-state index contributed by atoms with van der Waals surface area (Å²) in [6.45, 7) is 2.28. The molecule has 0 aromatic heterocycles. The molecule has 0 amide bonds. The van der Waals surface area contributed by atoms with Crippen molar-refractivity contribution in [3.63, 3.8) is 0 Å². The summed E-state index contributed by atoms with van der Waals surface area (Å²) in [7, 11) is 0. The van der Waals surface area contributed by atoms with E-state index in [1.54, 1.807) is 6.08 Å². The SMILES string of the molecule is CCCC1CCC(NC2=CC(=O)CC2)CC1. The number of nitrogens with one attached hydrogen (secondary N) is 1. The van der Waals surface area contributed by atoms with Crippen molar-refractivity contribution in [1.82, 2.24) is 5.32 Å². The summed E-state index contributed by atoms with van der Waals surface area (Å²) < 4.78 is 0. The summed E-state index contributed by atoms with van der Waals surface area (Å²) in [4.78, 5) is 11.1. The minimum absolute atomic E-state index is 0.294. The van der Waals surface area contributed by atoms with Crippen molar-refractivity contribution in [1.29, 1.82) is 0 Å². The molecule has 1 N–H and O–H groups in total. The Morgan fingerprint density at radius 3 is 2.56 bits per heavy atom. The fourth-order valence-corrected chi connectivity index (χ4v) is 2.98. The van der Waals surface area contributed by atoms with Crippen molar-refractivity contribution in [2.45, 2.75) is 64.3 Å². The van der Waals surface area contributed by atoms with Gasteiger partial charge in [0.15, 0.2) is 5.78 Å². The number of ketones is 1. The van der Waals surface area contributed by atoms with Crippen molar-refractivity contribution in [2.24, 2.45) is 5.92 Å². The van der Waals surface area contributed by atoms with Gasteiger partial charge in [-0.2, -0.15) is 0 Å². The Labute approximate surface area is 98.5 Å². The first-order valence-corrected chi connectivity index (χ1v) is 6.78. The van der Waals surface area contributed by atoms with Gasteiger partial charge in [-0.1, -0.05) is 19.8 Å². The van der Waals surface area contributed by atoms with Crippen LogP contribution in [0, 0.1) is 5.92 Å². The monoisotopic (exact) mass is 221 g/mol. The summed E-state index contributed by atoms with van der Waals surface area (Å²) in [5, 5.41) is 3.55. The molecule has 0 saturated heterocycles. The van der Waals surface area contributed by atoms with Gasteiger partial charge in [-0.05, 0) is 38.0 Å². The van der Waals surface area contributed by atoms with Gasteiger partial charge in [-0.15, -0.1) is 0 Å². The zero-order valence-electron chi connectivity index (χ0n) is 10.3. The predicted molar refractivity (Wildman–Crippen MR) is 66.1 cm³/mol. The van der Waals surface area contributed by atoms with Crippen LogP contribution in [0.1, 0.15) is 58.3 Å². The topological polar surface area (TPSA) is 29.1 Å². The molecule has 0 aromatic rings. The molecule has 1 fully saturated rings. The Morgan fingerprint density at radius 2 is 2.00 bits per heavy atom. The number of carbonyl (C=O) groups excluding carboxylic acids is 1. The van der Waals surface area contributed by atoms with Crippen LogP contribution in [0.4, 0.5) is 0 Å². The van der Waals surface area contributed by atoms with Crippen LogP contribution in [0.5, 0.6) is 0 Å². The van der Waals surface area contributed by atoms with Gasteiger partial charge in [0.05, 0.1) is 0 Å². The van der Waals surface area contributed by atoms with Gasteiger partial charge in [0.25, 0.3) is 0 Å². The Kier molecular flexibility index (Phi) is 4.03. The molecule has 0 aliphatic heterocycles. The Bertz CT molecular complexity index is 274. The molecule has 0 heterocycles. The average molecular weight is 221 g/mol. The van der Waals surface area contributed by atoms with Crippen LogP contribution in [-0.2, 0) is 4.79 Å². The zero-order valence-corrected chi connectivity index (χ0v) is 10.3. The lowest BCUT2D eigenvalue weighted by molar-refractivity contribution is -0.114. The van der Waals surface area contributed by atoms with E-state index >= 15 is 0 Å². The molecule has 90 valence electrons. The maximum absolute atomic E-state index is 11.1. The summed E-state index contributed by atoms with van der Waals surface area (Å²) in [6, 6.07) is 0.630. The third-order valence-electron chi connectivity index (χ3n) is 3.91.